The fraction of sp³-hybridized carbons (Fsp3) is 0.176. The Labute approximate surface area is 151 Å². The minimum absolute atomic E-state index is 0.262. The lowest BCUT2D eigenvalue weighted by Gasteiger charge is -2.08. The Morgan fingerprint density at radius 2 is 1.89 bits per heavy atom. The molecular formula is C17H14F3N5O2. The Bertz CT molecular complexity index is 1030. The molecule has 3 aromatic rings. The highest BCUT2D eigenvalue weighted by Gasteiger charge is 2.16. The molecule has 0 radical (unpaired) electrons. The fourth-order valence-electron chi connectivity index (χ4n) is 2.43. The van der Waals surface area contributed by atoms with E-state index >= 15 is 0 Å². The first-order valence-corrected chi connectivity index (χ1v) is 7.95. The summed E-state index contributed by atoms with van der Waals surface area (Å²) in [5, 5.41) is 12.3. The average molecular weight is 377 g/mol. The maximum atomic E-state index is 13.5. The van der Waals surface area contributed by atoms with Gasteiger partial charge in [-0.3, -0.25) is 9.59 Å². The summed E-state index contributed by atoms with van der Waals surface area (Å²) in [4.78, 5) is 24.0. The molecule has 0 fully saturated rings. The maximum absolute atomic E-state index is 13.5. The Balaban J connectivity index is 1.63. The molecule has 2 amide bonds. The van der Waals surface area contributed by atoms with Gasteiger partial charge >= 0.3 is 0 Å². The zero-order chi connectivity index (χ0) is 19.6. The molecule has 0 aliphatic heterocycles. The van der Waals surface area contributed by atoms with Crippen molar-refractivity contribution in [1.82, 2.24) is 20.3 Å². The molecule has 10 heteroatoms. The summed E-state index contributed by atoms with van der Waals surface area (Å²) in [6, 6.07) is 6.34. The van der Waals surface area contributed by atoms with Crippen molar-refractivity contribution in [3.63, 3.8) is 0 Å². The molecule has 140 valence electrons. The molecule has 3 rings (SSSR count). The van der Waals surface area contributed by atoms with E-state index in [-0.39, 0.29) is 5.56 Å². The minimum atomic E-state index is -1.69. The number of fused-ring (bicyclic) bond motifs is 1. The summed E-state index contributed by atoms with van der Waals surface area (Å²) >= 11 is 0. The SMILES string of the molecule is CCn1nnc2cc(C(=O)NCC(=O)Nc3ccc(F)c(F)c3F)ccc21. The second-order valence-corrected chi connectivity index (χ2v) is 5.56. The summed E-state index contributed by atoms with van der Waals surface area (Å²) in [5.41, 5.74) is 1.03. The monoisotopic (exact) mass is 377 g/mol. The zero-order valence-corrected chi connectivity index (χ0v) is 14.1. The second-order valence-electron chi connectivity index (χ2n) is 5.56. The first-order valence-electron chi connectivity index (χ1n) is 7.95. The molecule has 0 saturated heterocycles. The van der Waals surface area contributed by atoms with Crippen molar-refractivity contribution >= 4 is 28.5 Å². The lowest BCUT2D eigenvalue weighted by Crippen LogP contribution is -2.33. The number of carbonyl (C=O) groups excluding carboxylic acids is 2. The van der Waals surface area contributed by atoms with Gasteiger partial charge in [-0.15, -0.1) is 5.10 Å². The van der Waals surface area contributed by atoms with Crippen LogP contribution in [-0.2, 0) is 11.3 Å². The molecule has 1 heterocycles. The Kier molecular flexibility index (Phi) is 5.06. The van der Waals surface area contributed by atoms with Gasteiger partial charge in [-0.05, 0) is 37.3 Å². The lowest BCUT2D eigenvalue weighted by molar-refractivity contribution is -0.115. The van der Waals surface area contributed by atoms with E-state index in [0.29, 0.717) is 18.1 Å². The average Bonchev–Trinajstić information content (AvgIpc) is 3.09. The van der Waals surface area contributed by atoms with E-state index in [2.05, 4.69) is 20.9 Å². The number of halogens is 3. The topological polar surface area (TPSA) is 88.9 Å². The van der Waals surface area contributed by atoms with Crippen LogP contribution in [0.4, 0.5) is 18.9 Å². The number of nitrogens with one attached hydrogen (secondary N) is 2. The summed E-state index contributed by atoms with van der Waals surface area (Å²) in [6.45, 7) is 2.04. The van der Waals surface area contributed by atoms with Gasteiger partial charge < -0.3 is 10.6 Å². The maximum Gasteiger partial charge on any atom is 0.251 e. The van der Waals surface area contributed by atoms with E-state index in [1.807, 2.05) is 6.92 Å². The normalized spacial score (nSPS) is 10.8. The smallest absolute Gasteiger partial charge is 0.251 e. The number of amides is 2. The molecule has 2 N–H and O–H groups in total. The van der Waals surface area contributed by atoms with Crippen LogP contribution in [0, 0.1) is 17.5 Å². The van der Waals surface area contributed by atoms with Crippen molar-refractivity contribution in [3.05, 3.63) is 53.3 Å². The first kappa shape index (κ1) is 18.4. The van der Waals surface area contributed by atoms with Gasteiger partial charge in [0.1, 0.15) is 5.52 Å². The van der Waals surface area contributed by atoms with Crippen molar-refractivity contribution < 1.29 is 22.8 Å². The van der Waals surface area contributed by atoms with Gasteiger partial charge in [0.2, 0.25) is 5.91 Å². The van der Waals surface area contributed by atoms with Crippen molar-refractivity contribution in [2.24, 2.45) is 0 Å². The highest BCUT2D eigenvalue weighted by molar-refractivity contribution is 6.00. The molecule has 0 spiro atoms. The molecule has 2 aromatic carbocycles. The largest absolute Gasteiger partial charge is 0.343 e. The zero-order valence-electron chi connectivity index (χ0n) is 14.1. The molecule has 0 saturated carbocycles. The van der Waals surface area contributed by atoms with Crippen molar-refractivity contribution in [2.45, 2.75) is 13.5 Å². The van der Waals surface area contributed by atoms with Gasteiger partial charge in [-0.25, -0.2) is 17.9 Å². The Hall–Kier alpha value is -3.43. The molecular weight excluding hydrogens is 363 g/mol. The number of carbonyl (C=O) groups is 2. The molecule has 0 bridgehead atoms. The van der Waals surface area contributed by atoms with E-state index in [9.17, 15) is 22.8 Å². The van der Waals surface area contributed by atoms with Gasteiger partial charge in [-0.1, -0.05) is 5.21 Å². The third kappa shape index (κ3) is 3.73. The van der Waals surface area contributed by atoms with Crippen LogP contribution in [0.15, 0.2) is 30.3 Å². The summed E-state index contributed by atoms with van der Waals surface area (Å²) < 4.78 is 41.2. The predicted molar refractivity (Wildman–Crippen MR) is 90.5 cm³/mol. The highest BCUT2D eigenvalue weighted by atomic mass is 19.2. The standard InChI is InChI=1S/C17H14F3N5O2/c1-2-25-13-6-3-9(7-12(13)23-24-25)17(27)21-8-14(26)22-11-5-4-10(18)15(19)16(11)20/h3-7H,2,8H2,1H3,(H,21,27)(H,22,26). The van der Waals surface area contributed by atoms with Crippen LogP contribution in [0.3, 0.4) is 0 Å². The molecule has 0 unspecified atom stereocenters. The lowest BCUT2D eigenvalue weighted by atomic mass is 10.2. The number of aromatic nitrogens is 3. The molecule has 0 aliphatic rings. The molecule has 1 aromatic heterocycles. The van der Waals surface area contributed by atoms with Gasteiger partial charge in [-0.2, -0.15) is 0 Å². The van der Waals surface area contributed by atoms with Gasteiger partial charge in [0.05, 0.1) is 17.7 Å². The molecule has 0 aliphatic carbocycles. The summed E-state index contributed by atoms with van der Waals surface area (Å²) in [7, 11) is 0. The van der Waals surface area contributed by atoms with E-state index < -0.39 is 41.5 Å². The molecule has 27 heavy (non-hydrogen) atoms. The summed E-state index contributed by atoms with van der Waals surface area (Å²) in [5.74, 6) is -5.92. The van der Waals surface area contributed by atoms with Crippen LogP contribution in [0.25, 0.3) is 11.0 Å². The predicted octanol–water partition coefficient (Wildman–Crippen LogP) is 2.24. The van der Waals surface area contributed by atoms with Crippen molar-refractivity contribution in [2.75, 3.05) is 11.9 Å². The number of benzene rings is 2. The van der Waals surface area contributed by atoms with Crippen molar-refractivity contribution in [1.29, 1.82) is 0 Å². The number of aryl methyl sites for hydroxylation is 1. The Morgan fingerprint density at radius 3 is 2.63 bits per heavy atom. The number of hydrogen-bond acceptors (Lipinski definition) is 4. The number of hydrogen-bond donors (Lipinski definition) is 2. The van der Waals surface area contributed by atoms with Crippen LogP contribution < -0.4 is 10.6 Å². The van der Waals surface area contributed by atoms with Gasteiger partial charge in [0.25, 0.3) is 5.91 Å². The van der Waals surface area contributed by atoms with Gasteiger partial charge in [0, 0.05) is 12.1 Å². The number of anilines is 1. The van der Waals surface area contributed by atoms with E-state index in [0.717, 1.165) is 11.6 Å². The second kappa shape index (κ2) is 7.44. The van der Waals surface area contributed by atoms with Crippen LogP contribution >= 0.6 is 0 Å². The number of nitrogens with zero attached hydrogens (tertiary/aromatic N) is 3. The summed E-state index contributed by atoms with van der Waals surface area (Å²) in [6.07, 6.45) is 0. The molecule has 0 atom stereocenters. The first-order chi connectivity index (χ1) is 12.9. The molecule has 7 nitrogen and oxygen atoms in total. The van der Waals surface area contributed by atoms with E-state index in [1.54, 1.807) is 16.8 Å². The van der Waals surface area contributed by atoms with Crippen LogP contribution in [0.2, 0.25) is 0 Å². The van der Waals surface area contributed by atoms with Gasteiger partial charge in [0.15, 0.2) is 17.5 Å². The third-order valence-corrected chi connectivity index (χ3v) is 3.79. The van der Waals surface area contributed by atoms with E-state index in [4.69, 9.17) is 0 Å². The van der Waals surface area contributed by atoms with Crippen LogP contribution in [-0.4, -0.2) is 33.4 Å². The number of rotatable bonds is 5. The minimum Gasteiger partial charge on any atom is -0.343 e. The van der Waals surface area contributed by atoms with Crippen LogP contribution in [0.5, 0.6) is 0 Å². The quantitative estimate of drug-likeness (QED) is 0.668. The third-order valence-electron chi connectivity index (χ3n) is 3.79. The fourth-order valence-corrected chi connectivity index (χ4v) is 2.43. The van der Waals surface area contributed by atoms with Crippen LogP contribution in [0.1, 0.15) is 17.3 Å². The highest BCUT2D eigenvalue weighted by Crippen LogP contribution is 2.19. The Morgan fingerprint density at radius 1 is 1.11 bits per heavy atom. The van der Waals surface area contributed by atoms with E-state index in [1.165, 1.54) is 6.07 Å². The van der Waals surface area contributed by atoms with Crippen molar-refractivity contribution in [3.8, 4) is 0 Å².